The summed E-state index contributed by atoms with van der Waals surface area (Å²) in [5, 5.41) is 4.56. The number of nitrogens with one attached hydrogen (secondary N) is 1. The number of nitrogens with zero attached hydrogens (tertiary/aromatic N) is 1. The maximum absolute atomic E-state index is 11.2. The molecule has 3 heteroatoms. The smallest absolute Gasteiger partial charge is 0.159 e. The summed E-state index contributed by atoms with van der Waals surface area (Å²) < 4.78 is 2.10. The Bertz CT molecular complexity index is 769. The molecule has 0 aliphatic rings. The van der Waals surface area contributed by atoms with Gasteiger partial charge < -0.3 is 9.88 Å². The Kier molecular flexibility index (Phi) is 3.03. The number of carbonyl (C=O) groups is 1. The van der Waals surface area contributed by atoms with Gasteiger partial charge in [-0.1, -0.05) is 0 Å². The molecule has 1 aromatic heterocycles. The van der Waals surface area contributed by atoms with Crippen LogP contribution in [0, 0.1) is 0 Å². The molecule has 3 aromatic rings. The SMILES string of the molecule is CC(=O)c1ccc(Nc2ccc3c(ccn3C)c2)cc1. The minimum absolute atomic E-state index is 0.0854. The predicted molar refractivity (Wildman–Crippen MR) is 82.6 cm³/mol. The summed E-state index contributed by atoms with van der Waals surface area (Å²) in [7, 11) is 2.04. The van der Waals surface area contributed by atoms with Crippen molar-refractivity contribution in [2.24, 2.45) is 7.05 Å². The number of benzene rings is 2. The summed E-state index contributed by atoms with van der Waals surface area (Å²) in [6, 6.07) is 15.9. The number of Topliss-reactive ketones (excluding diaryl/α,β-unsaturated/α-hetero) is 1. The molecule has 0 saturated heterocycles. The molecule has 0 bridgehead atoms. The van der Waals surface area contributed by atoms with Crippen molar-refractivity contribution in [3.63, 3.8) is 0 Å². The first-order chi connectivity index (χ1) is 9.63. The molecule has 0 radical (unpaired) electrons. The molecule has 1 heterocycles. The molecule has 0 amide bonds. The van der Waals surface area contributed by atoms with Crippen LogP contribution in [-0.2, 0) is 7.05 Å². The molecule has 0 saturated carbocycles. The van der Waals surface area contributed by atoms with Crippen LogP contribution in [0.4, 0.5) is 11.4 Å². The number of fused-ring (bicyclic) bond motifs is 1. The molecule has 2 aromatic carbocycles. The van der Waals surface area contributed by atoms with E-state index in [1.165, 1.54) is 10.9 Å². The third kappa shape index (κ3) is 2.30. The van der Waals surface area contributed by atoms with Crippen LogP contribution in [0.1, 0.15) is 17.3 Å². The van der Waals surface area contributed by atoms with Crippen molar-refractivity contribution in [3.8, 4) is 0 Å². The number of ketones is 1. The fraction of sp³-hybridized carbons (Fsp3) is 0.118. The summed E-state index contributed by atoms with van der Waals surface area (Å²) in [6.45, 7) is 1.58. The molecule has 0 atom stereocenters. The van der Waals surface area contributed by atoms with E-state index in [9.17, 15) is 4.79 Å². The molecular formula is C17H16N2O. The van der Waals surface area contributed by atoms with Crippen molar-refractivity contribution >= 4 is 28.1 Å². The third-order valence-corrected chi connectivity index (χ3v) is 3.47. The molecule has 3 rings (SSSR count). The average molecular weight is 264 g/mol. The van der Waals surface area contributed by atoms with Crippen LogP contribution in [0.15, 0.2) is 54.7 Å². The van der Waals surface area contributed by atoms with Crippen molar-refractivity contribution in [2.75, 3.05) is 5.32 Å². The Balaban J connectivity index is 1.86. The maximum atomic E-state index is 11.2. The van der Waals surface area contributed by atoms with Gasteiger partial charge in [0.2, 0.25) is 0 Å². The number of carbonyl (C=O) groups excluding carboxylic acids is 1. The number of aromatic nitrogens is 1. The highest BCUT2D eigenvalue weighted by Crippen LogP contribution is 2.23. The largest absolute Gasteiger partial charge is 0.356 e. The van der Waals surface area contributed by atoms with Crippen molar-refractivity contribution < 1.29 is 4.79 Å². The fourth-order valence-corrected chi connectivity index (χ4v) is 2.31. The lowest BCUT2D eigenvalue weighted by molar-refractivity contribution is 0.101. The number of anilines is 2. The lowest BCUT2D eigenvalue weighted by Crippen LogP contribution is -1.94. The second-order valence-corrected chi connectivity index (χ2v) is 4.96. The number of rotatable bonds is 3. The third-order valence-electron chi connectivity index (χ3n) is 3.47. The van der Waals surface area contributed by atoms with Gasteiger partial charge in [-0.05, 0) is 55.5 Å². The summed E-state index contributed by atoms with van der Waals surface area (Å²) in [6.07, 6.45) is 2.05. The van der Waals surface area contributed by atoms with Crippen LogP contribution in [0.5, 0.6) is 0 Å². The second-order valence-electron chi connectivity index (χ2n) is 4.96. The van der Waals surface area contributed by atoms with Crippen molar-refractivity contribution in [1.82, 2.24) is 4.57 Å². The first kappa shape index (κ1) is 12.5. The van der Waals surface area contributed by atoms with Gasteiger partial charge in [0.25, 0.3) is 0 Å². The van der Waals surface area contributed by atoms with E-state index in [2.05, 4.69) is 40.3 Å². The molecule has 0 spiro atoms. The van der Waals surface area contributed by atoms with Crippen molar-refractivity contribution in [1.29, 1.82) is 0 Å². The molecule has 0 aliphatic heterocycles. The topological polar surface area (TPSA) is 34.0 Å². The molecular weight excluding hydrogens is 248 g/mol. The van der Waals surface area contributed by atoms with E-state index in [-0.39, 0.29) is 5.78 Å². The van der Waals surface area contributed by atoms with Gasteiger partial charge in [0.15, 0.2) is 5.78 Å². The van der Waals surface area contributed by atoms with E-state index >= 15 is 0 Å². The van der Waals surface area contributed by atoms with Crippen LogP contribution < -0.4 is 5.32 Å². The molecule has 3 nitrogen and oxygen atoms in total. The summed E-state index contributed by atoms with van der Waals surface area (Å²) in [5.74, 6) is 0.0854. The van der Waals surface area contributed by atoms with E-state index in [0.717, 1.165) is 16.9 Å². The van der Waals surface area contributed by atoms with Crippen molar-refractivity contribution in [2.45, 2.75) is 6.92 Å². The van der Waals surface area contributed by atoms with Crippen LogP contribution >= 0.6 is 0 Å². The minimum atomic E-state index is 0.0854. The zero-order valence-electron chi connectivity index (χ0n) is 11.6. The van der Waals surface area contributed by atoms with E-state index in [1.807, 2.05) is 31.3 Å². The number of aryl methyl sites for hydroxylation is 1. The van der Waals surface area contributed by atoms with E-state index in [4.69, 9.17) is 0 Å². The highest BCUT2D eigenvalue weighted by atomic mass is 16.1. The van der Waals surface area contributed by atoms with Gasteiger partial charge in [0, 0.05) is 41.1 Å². The average Bonchev–Trinajstić information content (AvgIpc) is 2.81. The van der Waals surface area contributed by atoms with Gasteiger partial charge in [0.05, 0.1) is 0 Å². The molecule has 1 N–H and O–H groups in total. The van der Waals surface area contributed by atoms with Crippen LogP contribution in [0.3, 0.4) is 0 Å². The highest BCUT2D eigenvalue weighted by molar-refractivity contribution is 5.94. The van der Waals surface area contributed by atoms with Crippen molar-refractivity contribution in [3.05, 3.63) is 60.3 Å². The Hall–Kier alpha value is -2.55. The quantitative estimate of drug-likeness (QED) is 0.722. The number of hydrogen-bond acceptors (Lipinski definition) is 2. The summed E-state index contributed by atoms with van der Waals surface area (Å²) in [4.78, 5) is 11.2. The lowest BCUT2D eigenvalue weighted by atomic mass is 10.1. The first-order valence-corrected chi connectivity index (χ1v) is 6.56. The molecule has 20 heavy (non-hydrogen) atoms. The monoisotopic (exact) mass is 264 g/mol. The van der Waals surface area contributed by atoms with Gasteiger partial charge >= 0.3 is 0 Å². The van der Waals surface area contributed by atoms with Crippen LogP contribution in [-0.4, -0.2) is 10.4 Å². The zero-order chi connectivity index (χ0) is 14.1. The Morgan fingerprint density at radius 3 is 2.40 bits per heavy atom. The van der Waals surface area contributed by atoms with Crippen LogP contribution in [0.2, 0.25) is 0 Å². The Labute approximate surface area is 117 Å². The molecule has 100 valence electrons. The van der Waals surface area contributed by atoms with Gasteiger partial charge in [-0.25, -0.2) is 0 Å². The molecule has 0 fully saturated rings. The van der Waals surface area contributed by atoms with Gasteiger partial charge in [-0.15, -0.1) is 0 Å². The summed E-state index contributed by atoms with van der Waals surface area (Å²) >= 11 is 0. The maximum Gasteiger partial charge on any atom is 0.159 e. The van der Waals surface area contributed by atoms with E-state index in [1.54, 1.807) is 6.92 Å². The normalized spacial score (nSPS) is 10.7. The second kappa shape index (κ2) is 4.85. The molecule has 0 unspecified atom stereocenters. The molecule has 0 aliphatic carbocycles. The number of hydrogen-bond donors (Lipinski definition) is 1. The zero-order valence-corrected chi connectivity index (χ0v) is 11.6. The Morgan fingerprint density at radius 1 is 1.00 bits per heavy atom. The van der Waals surface area contributed by atoms with E-state index in [0.29, 0.717) is 0 Å². The highest BCUT2D eigenvalue weighted by Gasteiger charge is 2.02. The van der Waals surface area contributed by atoms with Gasteiger partial charge in [0.1, 0.15) is 0 Å². The Morgan fingerprint density at radius 2 is 1.70 bits per heavy atom. The van der Waals surface area contributed by atoms with E-state index < -0.39 is 0 Å². The van der Waals surface area contributed by atoms with Gasteiger partial charge in [-0.2, -0.15) is 0 Å². The van der Waals surface area contributed by atoms with Gasteiger partial charge in [-0.3, -0.25) is 4.79 Å². The standard InChI is InChI=1S/C17H16N2O/c1-12(20)13-3-5-15(6-4-13)18-16-7-8-17-14(11-16)9-10-19(17)2/h3-11,18H,1-2H3. The first-order valence-electron chi connectivity index (χ1n) is 6.56. The summed E-state index contributed by atoms with van der Waals surface area (Å²) in [5.41, 5.74) is 3.96. The minimum Gasteiger partial charge on any atom is -0.356 e. The lowest BCUT2D eigenvalue weighted by Gasteiger charge is -2.07. The predicted octanol–water partition coefficient (Wildman–Crippen LogP) is 4.12. The fourth-order valence-electron chi connectivity index (χ4n) is 2.31. The van der Waals surface area contributed by atoms with Crippen LogP contribution in [0.25, 0.3) is 10.9 Å².